The van der Waals surface area contributed by atoms with Crippen LogP contribution in [-0.2, 0) is 9.53 Å². The highest BCUT2D eigenvalue weighted by Crippen LogP contribution is 2.28. The average molecular weight is 259 g/mol. The van der Waals surface area contributed by atoms with E-state index in [4.69, 9.17) is 10.5 Å². The highest BCUT2D eigenvalue weighted by Gasteiger charge is 2.27. The molecule has 0 aromatic carbocycles. The Balaban J connectivity index is 0.00000225. The van der Waals surface area contributed by atoms with Gasteiger partial charge in [0.15, 0.2) is 0 Å². The van der Waals surface area contributed by atoms with Crippen molar-refractivity contribution >= 4 is 18.3 Å². The van der Waals surface area contributed by atoms with Crippen LogP contribution in [0.3, 0.4) is 0 Å². The second kappa shape index (κ2) is 6.98. The molecule has 0 bridgehead atoms. The van der Waals surface area contributed by atoms with Crippen LogP contribution in [0.15, 0.2) is 0 Å². The van der Waals surface area contributed by atoms with Crippen molar-refractivity contribution in [3.05, 3.63) is 0 Å². The van der Waals surface area contributed by atoms with E-state index in [1.165, 1.54) is 0 Å². The monoisotopic (exact) mass is 258 g/mol. The summed E-state index contributed by atoms with van der Waals surface area (Å²) >= 11 is 0. The van der Waals surface area contributed by atoms with Gasteiger partial charge >= 0.3 is 0 Å². The lowest BCUT2D eigenvalue weighted by Gasteiger charge is -2.14. The van der Waals surface area contributed by atoms with Gasteiger partial charge in [0.25, 0.3) is 5.92 Å². The highest BCUT2D eigenvalue weighted by molar-refractivity contribution is 5.85. The number of carbonyl (C=O) groups excluding carboxylic acids is 1. The van der Waals surface area contributed by atoms with Gasteiger partial charge < -0.3 is 15.8 Å². The molecule has 1 fully saturated rings. The molecule has 0 spiro atoms. The summed E-state index contributed by atoms with van der Waals surface area (Å²) in [5.41, 5.74) is 4.81. The first-order chi connectivity index (χ1) is 7.03. The lowest BCUT2D eigenvalue weighted by atomic mass is 10.3. The quantitative estimate of drug-likeness (QED) is 0.701. The molecule has 3 N–H and O–H groups in total. The van der Waals surface area contributed by atoms with E-state index in [-0.39, 0.29) is 19.0 Å². The van der Waals surface area contributed by atoms with E-state index in [1.54, 1.807) is 0 Å². The largest absolute Gasteiger partial charge is 0.371 e. The van der Waals surface area contributed by atoms with Gasteiger partial charge in [-0.25, -0.2) is 8.78 Å². The van der Waals surface area contributed by atoms with E-state index in [1.807, 2.05) is 0 Å². The van der Waals surface area contributed by atoms with Crippen LogP contribution in [0.1, 0.15) is 12.8 Å². The van der Waals surface area contributed by atoms with E-state index in [0.29, 0.717) is 12.5 Å². The Labute approximate surface area is 99.3 Å². The maximum absolute atomic E-state index is 12.6. The molecule has 1 aliphatic rings. The normalized spacial score (nSPS) is 15.4. The Hall–Kier alpha value is -0.460. The minimum atomic E-state index is -3.04. The molecule has 1 amide bonds. The molecule has 4 nitrogen and oxygen atoms in total. The summed E-state index contributed by atoms with van der Waals surface area (Å²) in [6.45, 7) is -1.11. The number of nitrogens with one attached hydrogen (secondary N) is 1. The van der Waals surface area contributed by atoms with Crippen LogP contribution < -0.4 is 11.1 Å². The molecule has 0 unspecified atom stereocenters. The second-order valence-electron chi connectivity index (χ2n) is 3.80. The number of alkyl halides is 2. The summed E-state index contributed by atoms with van der Waals surface area (Å²) in [6, 6.07) is 0. The molecule has 0 radical (unpaired) electrons. The van der Waals surface area contributed by atoms with Crippen LogP contribution >= 0.6 is 12.4 Å². The number of amides is 1. The van der Waals surface area contributed by atoms with Crippen molar-refractivity contribution in [2.24, 2.45) is 11.7 Å². The fourth-order valence-electron chi connectivity index (χ4n) is 0.954. The number of carbonyl (C=O) groups is 1. The van der Waals surface area contributed by atoms with Crippen LogP contribution in [0.5, 0.6) is 0 Å². The van der Waals surface area contributed by atoms with Crippen molar-refractivity contribution in [3.8, 4) is 0 Å². The van der Waals surface area contributed by atoms with Gasteiger partial charge in [-0.3, -0.25) is 4.79 Å². The molecule has 0 aromatic rings. The van der Waals surface area contributed by atoms with E-state index in [9.17, 15) is 13.6 Å². The third kappa shape index (κ3) is 6.92. The fourth-order valence-corrected chi connectivity index (χ4v) is 0.954. The molecule has 1 rings (SSSR count). The zero-order chi connectivity index (χ0) is 11.3. The van der Waals surface area contributed by atoms with Gasteiger partial charge in [-0.05, 0) is 18.8 Å². The third-order valence-electron chi connectivity index (χ3n) is 2.13. The Bertz CT molecular complexity index is 226. The van der Waals surface area contributed by atoms with Crippen LogP contribution in [0.2, 0.25) is 0 Å². The average Bonchev–Trinajstić information content (AvgIpc) is 2.99. The van der Waals surface area contributed by atoms with E-state index >= 15 is 0 Å². The van der Waals surface area contributed by atoms with Crippen LogP contribution in [0.4, 0.5) is 8.78 Å². The molecule has 0 aliphatic heterocycles. The van der Waals surface area contributed by atoms with Crippen molar-refractivity contribution in [3.63, 3.8) is 0 Å². The highest BCUT2D eigenvalue weighted by atomic mass is 35.5. The maximum Gasteiger partial charge on any atom is 0.277 e. The minimum absolute atomic E-state index is 0. The first-order valence-corrected chi connectivity index (χ1v) is 4.96. The van der Waals surface area contributed by atoms with E-state index < -0.39 is 24.9 Å². The predicted octanol–water partition coefficient (Wildman–Crippen LogP) is 0.545. The molecular weight excluding hydrogens is 242 g/mol. The van der Waals surface area contributed by atoms with Gasteiger partial charge in [0.2, 0.25) is 5.91 Å². The molecular formula is C9H17ClF2N2O2. The Kier molecular flexibility index (Phi) is 6.78. The number of ether oxygens (including phenoxy) is 1. The summed E-state index contributed by atoms with van der Waals surface area (Å²) in [5.74, 6) is -3.00. The molecule has 1 aliphatic carbocycles. The summed E-state index contributed by atoms with van der Waals surface area (Å²) in [6.07, 6.45) is 2.26. The van der Waals surface area contributed by atoms with E-state index in [2.05, 4.69) is 5.32 Å². The summed E-state index contributed by atoms with van der Waals surface area (Å²) in [7, 11) is 0. The molecule has 7 heteroatoms. The smallest absolute Gasteiger partial charge is 0.277 e. The van der Waals surface area contributed by atoms with Gasteiger partial charge in [0.1, 0.15) is 6.61 Å². The van der Waals surface area contributed by atoms with Crippen LogP contribution in [0.25, 0.3) is 0 Å². The lowest BCUT2D eigenvalue weighted by Crippen LogP contribution is -2.42. The standard InChI is InChI=1S/C9H16F2N2O2.ClH/c10-9(11,5-12)6-13-8(14)4-15-3-7-1-2-7;/h7H,1-6,12H2,(H,13,14);1H. The predicted molar refractivity (Wildman–Crippen MR) is 57.8 cm³/mol. The molecule has 0 aromatic heterocycles. The zero-order valence-corrected chi connectivity index (χ0v) is 9.69. The second-order valence-corrected chi connectivity index (χ2v) is 3.80. The summed E-state index contributed by atoms with van der Waals surface area (Å²) in [4.78, 5) is 11.0. The number of nitrogens with two attached hydrogens (primary N) is 1. The molecule has 0 atom stereocenters. The number of halogens is 3. The lowest BCUT2D eigenvalue weighted by molar-refractivity contribution is -0.127. The molecule has 96 valence electrons. The van der Waals surface area contributed by atoms with Gasteiger partial charge in [0, 0.05) is 0 Å². The van der Waals surface area contributed by atoms with Gasteiger partial charge in [-0.2, -0.15) is 0 Å². The van der Waals surface area contributed by atoms with Gasteiger partial charge in [-0.1, -0.05) is 0 Å². The topological polar surface area (TPSA) is 64.3 Å². The minimum Gasteiger partial charge on any atom is -0.371 e. The van der Waals surface area contributed by atoms with Crippen molar-refractivity contribution in [1.82, 2.24) is 5.32 Å². The number of hydrogen-bond acceptors (Lipinski definition) is 3. The number of rotatable bonds is 7. The summed E-state index contributed by atoms with van der Waals surface area (Å²) in [5, 5.41) is 2.07. The Morgan fingerprint density at radius 1 is 1.50 bits per heavy atom. The van der Waals surface area contributed by atoms with Gasteiger partial charge in [-0.15, -0.1) is 12.4 Å². The Morgan fingerprint density at radius 2 is 2.12 bits per heavy atom. The fraction of sp³-hybridized carbons (Fsp3) is 0.889. The van der Waals surface area contributed by atoms with Crippen molar-refractivity contribution in [2.75, 3.05) is 26.3 Å². The SMILES string of the molecule is Cl.NCC(F)(F)CNC(=O)COCC1CC1. The van der Waals surface area contributed by atoms with Crippen molar-refractivity contribution < 1.29 is 18.3 Å². The van der Waals surface area contributed by atoms with Crippen molar-refractivity contribution in [1.29, 1.82) is 0 Å². The molecule has 0 heterocycles. The number of hydrogen-bond donors (Lipinski definition) is 2. The molecule has 0 saturated heterocycles. The van der Waals surface area contributed by atoms with Gasteiger partial charge in [0.05, 0.1) is 19.7 Å². The zero-order valence-electron chi connectivity index (χ0n) is 8.88. The first kappa shape index (κ1) is 15.5. The molecule has 16 heavy (non-hydrogen) atoms. The first-order valence-electron chi connectivity index (χ1n) is 4.96. The summed E-state index contributed by atoms with van der Waals surface area (Å²) < 4.78 is 30.2. The van der Waals surface area contributed by atoms with E-state index in [0.717, 1.165) is 12.8 Å². The third-order valence-corrected chi connectivity index (χ3v) is 2.13. The maximum atomic E-state index is 12.6. The Morgan fingerprint density at radius 3 is 2.62 bits per heavy atom. The van der Waals surface area contributed by atoms with Crippen LogP contribution in [-0.4, -0.2) is 38.1 Å². The van der Waals surface area contributed by atoms with Crippen molar-refractivity contribution in [2.45, 2.75) is 18.8 Å². The van der Waals surface area contributed by atoms with Crippen LogP contribution in [0, 0.1) is 5.92 Å². The molecule has 1 saturated carbocycles.